The first-order valence-electron chi connectivity index (χ1n) is 13.7. The highest BCUT2D eigenvalue weighted by Crippen LogP contribution is 2.30. The minimum Gasteiger partial charge on any atom is -0.344 e. The van der Waals surface area contributed by atoms with Crippen molar-refractivity contribution in [2.75, 3.05) is 26.2 Å². The summed E-state index contributed by atoms with van der Waals surface area (Å²) in [6, 6.07) is 17.3. The van der Waals surface area contributed by atoms with Crippen molar-refractivity contribution in [2.24, 2.45) is 0 Å². The van der Waals surface area contributed by atoms with Gasteiger partial charge in [0.1, 0.15) is 6.04 Å². The fourth-order valence-corrected chi connectivity index (χ4v) is 5.10. The van der Waals surface area contributed by atoms with E-state index in [1.54, 1.807) is 30.9 Å². The lowest BCUT2D eigenvalue weighted by molar-refractivity contribution is -0.138. The molecule has 2 amide bonds. The van der Waals surface area contributed by atoms with Gasteiger partial charge in [0.05, 0.1) is 6.04 Å². The molecule has 3 aromatic rings. The average Bonchev–Trinajstić information content (AvgIpc) is 3.01. The zero-order valence-corrected chi connectivity index (χ0v) is 22.9. The lowest BCUT2D eigenvalue weighted by Crippen LogP contribution is -2.56. The Balaban J connectivity index is 0.00000462. The van der Waals surface area contributed by atoms with E-state index in [1.807, 2.05) is 59.5 Å². The van der Waals surface area contributed by atoms with Gasteiger partial charge >= 0.3 is 0 Å². The SMILES string of the molecule is C=C/C=C(\C=C)C(c1ccccc1)N1CCN(C(=O)[C@H](Cc2cccnc2)NC(=O)CCc2cccnc2)CC1.[HH]. The number of carbonyl (C=O) groups is 2. The maximum atomic E-state index is 13.8. The summed E-state index contributed by atoms with van der Waals surface area (Å²) >= 11 is 0. The summed E-state index contributed by atoms with van der Waals surface area (Å²) in [4.78, 5) is 39.2. The van der Waals surface area contributed by atoms with Crippen molar-refractivity contribution in [3.63, 3.8) is 0 Å². The number of piperazine rings is 1. The van der Waals surface area contributed by atoms with Crippen LogP contribution in [0.15, 0.2) is 116 Å². The second kappa shape index (κ2) is 14.7. The third-order valence-electron chi connectivity index (χ3n) is 7.13. The largest absolute Gasteiger partial charge is 0.344 e. The topological polar surface area (TPSA) is 78.4 Å². The Morgan fingerprint density at radius 3 is 2.20 bits per heavy atom. The predicted molar refractivity (Wildman–Crippen MR) is 160 cm³/mol. The number of aromatic nitrogens is 2. The van der Waals surface area contributed by atoms with Crippen LogP contribution in [0.1, 0.15) is 30.6 Å². The van der Waals surface area contributed by atoms with Crippen molar-refractivity contribution >= 4 is 11.8 Å². The molecular formula is C33H39N5O2. The molecule has 1 aliphatic heterocycles. The van der Waals surface area contributed by atoms with Gasteiger partial charge in [0, 0.05) is 65.2 Å². The predicted octanol–water partition coefficient (Wildman–Crippen LogP) is 4.57. The van der Waals surface area contributed by atoms with Gasteiger partial charge in [0.25, 0.3) is 0 Å². The number of hydrogen-bond acceptors (Lipinski definition) is 5. The van der Waals surface area contributed by atoms with Gasteiger partial charge in [-0.2, -0.15) is 0 Å². The molecule has 40 heavy (non-hydrogen) atoms. The summed E-state index contributed by atoms with van der Waals surface area (Å²) in [6.45, 7) is 10.4. The first kappa shape index (κ1) is 28.6. The monoisotopic (exact) mass is 537 g/mol. The van der Waals surface area contributed by atoms with Crippen molar-refractivity contribution in [1.82, 2.24) is 25.1 Å². The molecule has 1 unspecified atom stereocenters. The summed E-state index contributed by atoms with van der Waals surface area (Å²) in [5.74, 6) is -0.223. The quantitative estimate of drug-likeness (QED) is 0.343. The van der Waals surface area contributed by atoms with E-state index in [0.717, 1.165) is 16.7 Å². The Bertz CT molecular complexity index is 1290. The fourth-order valence-electron chi connectivity index (χ4n) is 5.10. The van der Waals surface area contributed by atoms with Crippen LogP contribution in [0.2, 0.25) is 0 Å². The lowest BCUT2D eigenvalue weighted by Gasteiger charge is -2.41. The van der Waals surface area contributed by atoms with Crippen LogP contribution >= 0.6 is 0 Å². The highest BCUT2D eigenvalue weighted by atomic mass is 16.2. The van der Waals surface area contributed by atoms with Crippen LogP contribution in [-0.2, 0) is 22.4 Å². The molecule has 1 N–H and O–H groups in total. The number of nitrogens with one attached hydrogen (secondary N) is 1. The number of benzene rings is 1. The van der Waals surface area contributed by atoms with Crippen molar-refractivity contribution in [3.8, 4) is 0 Å². The number of allylic oxidation sites excluding steroid dienone is 2. The number of amides is 2. The van der Waals surface area contributed by atoms with E-state index in [-0.39, 0.29) is 25.7 Å². The van der Waals surface area contributed by atoms with Crippen LogP contribution in [0.3, 0.4) is 0 Å². The molecule has 0 radical (unpaired) electrons. The van der Waals surface area contributed by atoms with E-state index >= 15 is 0 Å². The first-order chi connectivity index (χ1) is 19.6. The van der Waals surface area contributed by atoms with E-state index in [2.05, 4.69) is 45.5 Å². The highest BCUT2D eigenvalue weighted by Gasteiger charge is 2.32. The van der Waals surface area contributed by atoms with Gasteiger partial charge < -0.3 is 10.2 Å². The average molecular weight is 538 g/mol. The van der Waals surface area contributed by atoms with E-state index in [1.165, 1.54) is 5.56 Å². The van der Waals surface area contributed by atoms with Gasteiger partial charge in [-0.15, -0.1) is 0 Å². The molecule has 1 aromatic carbocycles. The van der Waals surface area contributed by atoms with Crippen LogP contribution in [0.5, 0.6) is 0 Å². The molecule has 208 valence electrons. The van der Waals surface area contributed by atoms with E-state index < -0.39 is 6.04 Å². The molecule has 4 rings (SSSR count). The molecule has 3 heterocycles. The molecule has 0 aliphatic carbocycles. The molecule has 7 nitrogen and oxygen atoms in total. The standard InChI is InChI=1S/C33H37N5O2.H2/c1-3-10-28(4-2)32(29-13-6-5-7-14-29)37-19-21-38(22-20-37)33(40)30(23-27-12-9-18-35-25-27)36-31(39)16-15-26-11-8-17-34-24-26;/h3-14,17-18,24-25,30,32H,1-2,15-16,19-23H2,(H,36,39);1H/b28-10+;/t30-,32?;/m0./s1. The number of nitrogens with zero attached hydrogens (tertiary/aromatic N) is 4. The molecule has 1 saturated heterocycles. The third kappa shape index (κ3) is 7.83. The summed E-state index contributed by atoms with van der Waals surface area (Å²) in [5.41, 5.74) is 4.13. The third-order valence-corrected chi connectivity index (χ3v) is 7.13. The molecule has 2 atom stereocenters. The van der Waals surface area contributed by atoms with Gasteiger partial charge in [-0.3, -0.25) is 24.5 Å². The maximum Gasteiger partial charge on any atom is 0.245 e. The van der Waals surface area contributed by atoms with Crippen LogP contribution in [0.25, 0.3) is 0 Å². The van der Waals surface area contributed by atoms with E-state index in [4.69, 9.17) is 0 Å². The normalized spacial score (nSPS) is 15.6. The molecule has 0 spiro atoms. The van der Waals surface area contributed by atoms with Crippen LogP contribution in [-0.4, -0.2) is 63.8 Å². The molecule has 7 heteroatoms. The summed E-state index contributed by atoms with van der Waals surface area (Å²) in [5, 5.41) is 3.01. The zero-order valence-electron chi connectivity index (χ0n) is 22.9. The Morgan fingerprint density at radius 1 is 0.925 bits per heavy atom. The number of rotatable bonds is 12. The number of aryl methyl sites for hydroxylation is 1. The van der Waals surface area contributed by atoms with Crippen LogP contribution in [0, 0.1) is 0 Å². The van der Waals surface area contributed by atoms with Gasteiger partial charge in [0.15, 0.2) is 0 Å². The molecule has 1 fully saturated rings. The molecule has 0 saturated carbocycles. The van der Waals surface area contributed by atoms with Gasteiger partial charge in [-0.05, 0) is 40.8 Å². The smallest absolute Gasteiger partial charge is 0.245 e. The Morgan fingerprint density at radius 2 is 1.60 bits per heavy atom. The summed E-state index contributed by atoms with van der Waals surface area (Å²) in [6.07, 6.45) is 13.8. The molecule has 1 aliphatic rings. The lowest BCUT2D eigenvalue weighted by atomic mass is 9.95. The van der Waals surface area contributed by atoms with Crippen molar-refractivity contribution in [2.45, 2.75) is 31.3 Å². The second-order valence-electron chi connectivity index (χ2n) is 9.83. The number of carbonyl (C=O) groups excluding carboxylic acids is 2. The number of hydrogen-bond donors (Lipinski definition) is 1. The Kier molecular flexibility index (Phi) is 10.5. The first-order valence-corrected chi connectivity index (χ1v) is 13.7. The van der Waals surface area contributed by atoms with Crippen molar-refractivity contribution in [3.05, 3.63) is 133 Å². The Labute approximate surface area is 238 Å². The fraction of sp³-hybridized carbons (Fsp3) is 0.273. The molecule has 0 bridgehead atoms. The van der Waals surface area contributed by atoms with Gasteiger partial charge in [-0.1, -0.05) is 73.9 Å². The van der Waals surface area contributed by atoms with E-state index in [9.17, 15) is 9.59 Å². The second-order valence-corrected chi connectivity index (χ2v) is 9.83. The Hall–Kier alpha value is -4.36. The molecule has 2 aromatic heterocycles. The van der Waals surface area contributed by atoms with E-state index in [0.29, 0.717) is 39.0 Å². The van der Waals surface area contributed by atoms with Gasteiger partial charge in [-0.25, -0.2) is 0 Å². The minimum absolute atomic E-state index is 0. The van der Waals surface area contributed by atoms with Crippen molar-refractivity contribution < 1.29 is 11.0 Å². The molecular weight excluding hydrogens is 498 g/mol. The highest BCUT2D eigenvalue weighted by molar-refractivity contribution is 5.88. The van der Waals surface area contributed by atoms with Gasteiger partial charge in [0.2, 0.25) is 11.8 Å². The summed E-state index contributed by atoms with van der Waals surface area (Å²) in [7, 11) is 0. The number of pyridine rings is 2. The van der Waals surface area contributed by atoms with Crippen molar-refractivity contribution in [1.29, 1.82) is 0 Å². The minimum atomic E-state index is -0.661. The maximum absolute atomic E-state index is 13.8. The van der Waals surface area contributed by atoms with Crippen LogP contribution in [0.4, 0.5) is 0 Å². The zero-order chi connectivity index (χ0) is 28.2. The van der Waals surface area contributed by atoms with Crippen LogP contribution < -0.4 is 5.32 Å². The summed E-state index contributed by atoms with van der Waals surface area (Å²) < 4.78 is 0.